The number of hydrogen-bond acceptors (Lipinski definition) is 5. The number of thiazole rings is 1. The van der Waals surface area contributed by atoms with Gasteiger partial charge in [0.2, 0.25) is 0 Å². The quantitative estimate of drug-likeness (QED) is 0.393. The van der Waals surface area contributed by atoms with E-state index in [1.165, 1.54) is 12.8 Å². The van der Waals surface area contributed by atoms with Gasteiger partial charge in [-0.1, -0.05) is 47.5 Å². The van der Waals surface area contributed by atoms with Gasteiger partial charge >= 0.3 is 0 Å². The molecule has 0 unspecified atom stereocenters. The minimum Gasteiger partial charge on any atom is -0.496 e. The fourth-order valence-electron chi connectivity index (χ4n) is 3.84. The number of para-hydroxylation sites is 1. The first-order chi connectivity index (χ1) is 15.0. The molecule has 0 amide bonds. The standard InChI is InChI=1S/C23H23BCl2N2O2S/c1-3-28(18-11-12-18)23-27-17(14-31-23)13-24(19-5-4-6-20(26)21(19)30-2)22(29)15-7-9-16(25)10-8-15/h4-10,14,18H,3,11-13H2,1-2H3. The van der Waals surface area contributed by atoms with Crippen LogP contribution in [0.3, 0.4) is 0 Å². The van der Waals surface area contributed by atoms with Crippen LogP contribution in [0.4, 0.5) is 5.13 Å². The van der Waals surface area contributed by atoms with Gasteiger partial charge in [-0.2, -0.15) is 0 Å². The van der Waals surface area contributed by atoms with Crippen molar-refractivity contribution in [2.24, 2.45) is 0 Å². The van der Waals surface area contributed by atoms with Gasteiger partial charge in [0.05, 0.1) is 12.1 Å². The summed E-state index contributed by atoms with van der Waals surface area (Å²) in [7, 11) is 1.57. The molecule has 0 spiro atoms. The van der Waals surface area contributed by atoms with Gasteiger partial charge in [-0.25, -0.2) is 4.98 Å². The summed E-state index contributed by atoms with van der Waals surface area (Å²) in [6, 6.07) is 13.1. The molecule has 31 heavy (non-hydrogen) atoms. The third-order valence-electron chi connectivity index (χ3n) is 5.55. The van der Waals surface area contributed by atoms with E-state index in [0.29, 0.717) is 33.7 Å². The van der Waals surface area contributed by atoms with E-state index in [1.54, 1.807) is 48.8 Å². The van der Waals surface area contributed by atoms with Crippen molar-refractivity contribution < 1.29 is 9.53 Å². The molecule has 0 bridgehead atoms. The van der Waals surface area contributed by atoms with Gasteiger partial charge in [-0.05, 0) is 49.7 Å². The van der Waals surface area contributed by atoms with Crippen molar-refractivity contribution in [2.45, 2.75) is 32.1 Å². The molecule has 0 aliphatic heterocycles. The molecule has 0 radical (unpaired) electrons. The van der Waals surface area contributed by atoms with Crippen LogP contribution in [-0.4, -0.2) is 37.1 Å². The van der Waals surface area contributed by atoms with Gasteiger partial charge in [-0.15, -0.1) is 11.3 Å². The van der Waals surface area contributed by atoms with Crippen LogP contribution in [0.25, 0.3) is 0 Å². The lowest BCUT2D eigenvalue weighted by molar-refractivity contribution is 0.107. The zero-order chi connectivity index (χ0) is 22.0. The molecular formula is C23H23BCl2N2O2S. The highest BCUT2D eigenvalue weighted by atomic mass is 35.5. The fraction of sp³-hybridized carbons (Fsp3) is 0.304. The summed E-state index contributed by atoms with van der Waals surface area (Å²) in [5.74, 6) is 0.528. The Bertz CT molecular complexity index is 1070. The number of aromatic nitrogens is 1. The summed E-state index contributed by atoms with van der Waals surface area (Å²) in [5.41, 5.74) is 2.24. The highest BCUT2D eigenvalue weighted by Gasteiger charge is 2.33. The molecule has 4 rings (SSSR count). The van der Waals surface area contributed by atoms with E-state index in [1.807, 2.05) is 12.1 Å². The fourth-order valence-corrected chi connectivity index (χ4v) is 5.20. The smallest absolute Gasteiger partial charge is 0.273 e. The van der Waals surface area contributed by atoms with Crippen molar-refractivity contribution in [2.75, 3.05) is 18.6 Å². The number of halogens is 2. The summed E-state index contributed by atoms with van der Waals surface area (Å²) in [4.78, 5) is 20.8. The van der Waals surface area contributed by atoms with Crippen molar-refractivity contribution in [3.8, 4) is 5.75 Å². The highest BCUT2D eigenvalue weighted by Crippen LogP contribution is 2.33. The largest absolute Gasteiger partial charge is 0.496 e. The number of methoxy groups -OCH3 is 1. The lowest BCUT2D eigenvalue weighted by atomic mass is 9.38. The van der Waals surface area contributed by atoms with Crippen LogP contribution < -0.4 is 15.1 Å². The molecule has 160 valence electrons. The first-order valence-electron chi connectivity index (χ1n) is 10.3. The second kappa shape index (κ2) is 9.64. The van der Waals surface area contributed by atoms with E-state index in [0.717, 1.165) is 22.8 Å². The van der Waals surface area contributed by atoms with Crippen molar-refractivity contribution in [1.82, 2.24) is 4.98 Å². The monoisotopic (exact) mass is 472 g/mol. The molecule has 2 aromatic carbocycles. The number of hydrogen-bond donors (Lipinski definition) is 0. The van der Waals surface area contributed by atoms with E-state index in [4.69, 9.17) is 32.9 Å². The van der Waals surface area contributed by atoms with Crippen LogP contribution in [0.15, 0.2) is 47.8 Å². The summed E-state index contributed by atoms with van der Waals surface area (Å²) in [6.45, 7) is 2.62. The van der Waals surface area contributed by atoms with E-state index in [-0.39, 0.29) is 5.68 Å². The van der Waals surface area contributed by atoms with Crippen LogP contribution in [0.1, 0.15) is 35.8 Å². The maximum absolute atomic E-state index is 13.6. The molecule has 0 saturated heterocycles. The van der Waals surface area contributed by atoms with E-state index < -0.39 is 6.71 Å². The minimum absolute atomic E-state index is 0.0127. The van der Waals surface area contributed by atoms with Crippen molar-refractivity contribution in [3.05, 3.63) is 69.1 Å². The molecule has 1 saturated carbocycles. The average molecular weight is 473 g/mol. The zero-order valence-corrected chi connectivity index (χ0v) is 19.8. The van der Waals surface area contributed by atoms with Gasteiger partial charge in [0.1, 0.15) is 11.4 Å². The predicted molar refractivity (Wildman–Crippen MR) is 131 cm³/mol. The predicted octanol–water partition coefficient (Wildman–Crippen LogP) is 5.35. The lowest BCUT2D eigenvalue weighted by Crippen LogP contribution is -2.42. The molecular weight excluding hydrogens is 450 g/mol. The Hall–Kier alpha value is -2.02. The number of nitrogens with zero attached hydrogens (tertiary/aromatic N) is 2. The molecule has 4 nitrogen and oxygen atoms in total. The number of benzene rings is 2. The zero-order valence-electron chi connectivity index (χ0n) is 17.5. The van der Waals surface area contributed by atoms with Crippen LogP contribution in [-0.2, 0) is 6.32 Å². The molecule has 1 aliphatic rings. The lowest BCUT2D eigenvalue weighted by Gasteiger charge is -2.19. The maximum Gasteiger partial charge on any atom is 0.273 e. The average Bonchev–Trinajstić information content (AvgIpc) is 3.50. The summed E-state index contributed by atoms with van der Waals surface area (Å²) in [5, 5.41) is 4.16. The Morgan fingerprint density at radius 2 is 1.97 bits per heavy atom. The minimum atomic E-state index is -0.472. The summed E-state index contributed by atoms with van der Waals surface area (Å²) >= 11 is 14.0. The SMILES string of the molecule is CCN(c1nc(CB(C(=O)c2ccc(Cl)cc2)c2cccc(Cl)c2OC)cs1)C1CC1. The third-order valence-corrected chi connectivity index (χ3v) is 7.03. The van der Waals surface area contributed by atoms with Gasteiger partial charge < -0.3 is 14.4 Å². The second-order valence-corrected chi connectivity index (χ2v) is 9.31. The molecule has 3 aromatic rings. The van der Waals surface area contributed by atoms with Crippen LogP contribution in [0.5, 0.6) is 5.75 Å². The van der Waals surface area contributed by atoms with E-state index in [2.05, 4.69) is 17.2 Å². The molecule has 1 fully saturated rings. The molecule has 1 aliphatic carbocycles. The van der Waals surface area contributed by atoms with Crippen molar-refractivity contribution in [1.29, 1.82) is 0 Å². The molecule has 8 heteroatoms. The maximum atomic E-state index is 13.6. The molecule has 1 aromatic heterocycles. The van der Waals surface area contributed by atoms with Crippen LogP contribution in [0.2, 0.25) is 10.0 Å². The van der Waals surface area contributed by atoms with Gasteiger partial charge in [0, 0.05) is 34.2 Å². The number of anilines is 1. The molecule has 1 heterocycles. The van der Waals surface area contributed by atoms with E-state index in [9.17, 15) is 4.79 Å². The highest BCUT2D eigenvalue weighted by molar-refractivity contribution is 7.14. The Balaban J connectivity index is 1.69. The van der Waals surface area contributed by atoms with Crippen molar-refractivity contribution in [3.63, 3.8) is 0 Å². The van der Waals surface area contributed by atoms with Crippen molar-refractivity contribution >= 4 is 57.5 Å². The number of carbonyl (C=O) groups is 1. The number of ether oxygens (including phenoxy) is 1. The number of carbonyl (C=O) groups excluding carboxylic acids is 1. The Morgan fingerprint density at radius 1 is 1.23 bits per heavy atom. The second-order valence-electron chi connectivity index (χ2n) is 7.63. The summed E-state index contributed by atoms with van der Waals surface area (Å²) < 4.78 is 5.57. The van der Waals surface area contributed by atoms with Crippen LogP contribution in [0, 0.1) is 0 Å². The summed E-state index contributed by atoms with van der Waals surface area (Å²) in [6.07, 6.45) is 2.91. The first-order valence-corrected chi connectivity index (χ1v) is 12.0. The Labute approximate surface area is 197 Å². The van der Waals surface area contributed by atoms with E-state index >= 15 is 0 Å². The van der Waals surface area contributed by atoms with Gasteiger partial charge in [0.25, 0.3) is 6.71 Å². The molecule has 0 N–H and O–H groups in total. The first kappa shape index (κ1) is 22.2. The van der Waals surface area contributed by atoms with Crippen LogP contribution >= 0.6 is 34.5 Å². The third kappa shape index (κ3) is 4.92. The van der Waals surface area contributed by atoms with Gasteiger partial charge in [0.15, 0.2) is 5.13 Å². The number of rotatable bonds is 9. The normalized spacial score (nSPS) is 13.2. The van der Waals surface area contributed by atoms with Gasteiger partial charge in [-0.3, -0.25) is 0 Å². The molecule has 0 atom stereocenters. The topological polar surface area (TPSA) is 42.4 Å². The Kier molecular flexibility index (Phi) is 6.90. The Morgan fingerprint density at radius 3 is 2.61 bits per heavy atom.